The molecular weight excluding hydrogens is 234 g/mol. The molecular formula is C11H21N5S. The van der Waals surface area contributed by atoms with Crippen LogP contribution in [0, 0.1) is 0 Å². The molecule has 0 bridgehead atoms. The lowest BCUT2D eigenvalue weighted by Crippen LogP contribution is -2.27. The Hall–Kier alpha value is -0.620. The summed E-state index contributed by atoms with van der Waals surface area (Å²) in [5.74, 6) is 1.03. The SMILES string of the molecule is CCCC(C)NCCSc1nnnn1C1CC1. The van der Waals surface area contributed by atoms with E-state index in [0.717, 1.165) is 17.5 Å². The minimum Gasteiger partial charge on any atom is -0.313 e. The van der Waals surface area contributed by atoms with Crippen LogP contribution < -0.4 is 5.32 Å². The molecule has 1 heterocycles. The maximum absolute atomic E-state index is 4.07. The molecule has 0 spiro atoms. The largest absolute Gasteiger partial charge is 0.313 e. The molecule has 0 aliphatic heterocycles. The fraction of sp³-hybridized carbons (Fsp3) is 0.909. The molecule has 0 aromatic carbocycles. The number of thioether (sulfide) groups is 1. The van der Waals surface area contributed by atoms with Crippen molar-refractivity contribution >= 4 is 11.8 Å². The topological polar surface area (TPSA) is 55.6 Å². The zero-order chi connectivity index (χ0) is 12.1. The highest BCUT2D eigenvalue weighted by Gasteiger charge is 2.27. The summed E-state index contributed by atoms with van der Waals surface area (Å²) in [6.45, 7) is 5.47. The predicted octanol–water partition coefficient (Wildman–Crippen LogP) is 1.88. The van der Waals surface area contributed by atoms with Gasteiger partial charge >= 0.3 is 0 Å². The van der Waals surface area contributed by atoms with Crippen LogP contribution >= 0.6 is 11.8 Å². The third kappa shape index (κ3) is 3.96. The summed E-state index contributed by atoms with van der Waals surface area (Å²) in [4.78, 5) is 0. The van der Waals surface area contributed by atoms with Gasteiger partial charge in [-0.1, -0.05) is 25.1 Å². The van der Waals surface area contributed by atoms with Gasteiger partial charge in [-0.2, -0.15) is 0 Å². The molecule has 1 unspecified atom stereocenters. The lowest BCUT2D eigenvalue weighted by atomic mass is 10.2. The van der Waals surface area contributed by atoms with Crippen LogP contribution in [0.2, 0.25) is 0 Å². The summed E-state index contributed by atoms with van der Waals surface area (Å²) in [6, 6.07) is 1.18. The van der Waals surface area contributed by atoms with Gasteiger partial charge in [0.1, 0.15) is 0 Å². The van der Waals surface area contributed by atoms with E-state index >= 15 is 0 Å². The quantitative estimate of drug-likeness (QED) is 0.568. The van der Waals surface area contributed by atoms with Crippen LogP contribution in [0.25, 0.3) is 0 Å². The Bertz CT molecular complexity index is 336. The van der Waals surface area contributed by atoms with Crippen molar-refractivity contribution in [2.45, 2.75) is 56.8 Å². The second-order valence-electron chi connectivity index (χ2n) is 4.63. The molecule has 0 amide bonds. The molecule has 1 N–H and O–H groups in total. The maximum Gasteiger partial charge on any atom is 0.209 e. The molecule has 1 aliphatic carbocycles. The van der Waals surface area contributed by atoms with Crippen LogP contribution in [-0.2, 0) is 0 Å². The van der Waals surface area contributed by atoms with Gasteiger partial charge in [-0.25, -0.2) is 4.68 Å². The molecule has 2 rings (SSSR count). The van der Waals surface area contributed by atoms with Crippen LogP contribution in [-0.4, -0.2) is 38.5 Å². The minimum absolute atomic E-state index is 0.569. The standard InChI is InChI=1S/C11H21N5S/c1-3-4-9(2)12-7-8-17-11-13-14-15-16(11)10-5-6-10/h9-10,12H,3-8H2,1-2H3. The number of hydrogen-bond acceptors (Lipinski definition) is 5. The molecule has 6 heteroatoms. The van der Waals surface area contributed by atoms with Gasteiger partial charge in [0.25, 0.3) is 0 Å². The van der Waals surface area contributed by atoms with Crippen molar-refractivity contribution < 1.29 is 0 Å². The Morgan fingerprint density at radius 2 is 2.35 bits per heavy atom. The van der Waals surface area contributed by atoms with Crippen molar-refractivity contribution in [2.24, 2.45) is 0 Å². The van der Waals surface area contributed by atoms with Gasteiger partial charge in [0.15, 0.2) is 0 Å². The molecule has 5 nitrogen and oxygen atoms in total. The Morgan fingerprint density at radius 1 is 1.53 bits per heavy atom. The monoisotopic (exact) mass is 255 g/mol. The van der Waals surface area contributed by atoms with Crippen LogP contribution in [0.4, 0.5) is 0 Å². The van der Waals surface area contributed by atoms with E-state index in [1.165, 1.54) is 25.7 Å². The van der Waals surface area contributed by atoms with E-state index < -0.39 is 0 Å². The van der Waals surface area contributed by atoms with E-state index in [1.54, 1.807) is 11.8 Å². The van der Waals surface area contributed by atoms with Crippen molar-refractivity contribution in [3.8, 4) is 0 Å². The van der Waals surface area contributed by atoms with Crippen molar-refractivity contribution in [1.29, 1.82) is 0 Å². The van der Waals surface area contributed by atoms with Gasteiger partial charge in [0.2, 0.25) is 5.16 Å². The van der Waals surface area contributed by atoms with E-state index in [4.69, 9.17) is 0 Å². The zero-order valence-corrected chi connectivity index (χ0v) is 11.4. The van der Waals surface area contributed by atoms with Gasteiger partial charge in [-0.15, -0.1) is 5.10 Å². The highest BCUT2D eigenvalue weighted by atomic mass is 32.2. The molecule has 0 saturated heterocycles. The van der Waals surface area contributed by atoms with Crippen molar-refractivity contribution in [2.75, 3.05) is 12.3 Å². The first-order valence-corrected chi connectivity index (χ1v) is 7.44. The Labute approximate surface area is 107 Å². The second-order valence-corrected chi connectivity index (χ2v) is 5.69. The third-order valence-corrected chi connectivity index (χ3v) is 3.84. The summed E-state index contributed by atoms with van der Waals surface area (Å²) < 4.78 is 1.97. The lowest BCUT2D eigenvalue weighted by Gasteiger charge is -2.11. The lowest BCUT2D eigenvalue weighted by molar-refractivity contribution is 0.525. The normalized spacial score (nSPS) is 17.3. The Morgan fingerprint density at radius 3 is 3.06 bits per heavy atom. The molecule has 1 atom stereocenters. The van der Waals surface area contributed by atoms with E-state index in [1.807, 2.05) is 4.68 Å². The van der Waals surface area contributed by atoms with E-state index in [2.05, 4.69) is 34.7 Å². The first kappa shape index (κ1) is 12.8. The highest BCUT2D eigenvalue weighted by molar-refractivity contribution is 7.99. The Kier molecular flexibility index (Phi) is 4.79. The van der Waals surface area contributed by atoms with E-state index in [-0.39, 0.29) is 0 Å². The summed E-state index contributed by atoms with van der Waals surface area (Å²) in [5.41, 5.74) is 0. The second kappa shape index (κ2) is 6.35. The molecule has 17 heavy (non-hydrogen) atoms. The average Bonchev–Trinajstić information content (AvgIpc) is 3.05. The first-order valence-electron chi connectivity index (χ1n) is 6.45. The van der Waals surface area contributed by atoms with E-state index in [9.17, 15) is 0 Å². The molecule has 96 valence electrons. The number of rotatable bonds is 8. The predicted molar refractivity (Wildman–Crippen MR) is 69.2 cm³/mol. The number of nitrogens with zero attached hydrogens (tertiary/aromatic N) is 4. The Balaban J connectivity index is 1.66. The summed E-state index contributed by atoms with van der Waals surface area (Å²) in [7, 11) is 0. The summed E-state index contributed by atoms with van der Waals surface area (Å²) >= 11 is 1.75. The molecule has 1 aromatic heterocycles. The number of tetrazole rings is 1. The van der Waals surface area contributed by atoms with Gasteiger partial charge < -0.3 is 5.32 Å². The zero-order valence-electron chi connectivity index (χ0n) is 10.6. The fourth-order valence-corrected chi connectivity index (χ4v) is 2.63. The first-order chi connectivity index (χ1) is 8.31. The smallest absolute Gasteiger partial charge is 0.209 e. The van der Waals surface area contributed by atoms with Crippen molar-refractivity contribution in [1.82, 2.24) is 25.5 Å². The maximum atomic E-state index is 4.07. The van der Waals surface area contributed by atoms with Crippen LogP contribution in [0.15, 0.2) is 5.16 Å². The average molecular weight is 255 g/mol. The van der Waals surface area contributed by atoms with Crippen molar-refractivity contribution in [3.63, 3.8) is 0 Å². The fourth-order valence-electron chi connectivity index (χ4n) is 1.81. The number of nitrogens with one attached hydrogen (secondary N) is 1. The molecule has 1 saturated carbocycles. The van der Waals surface area contributed by atoms with Gasteiger partial charge in [-0.05, 0) is 36.6 Å². The molecule has 1 aliphatic rings. The minimum atomic E-state index is 0.569. The van der Waals surface area contributed by atoms with Crippen molar-refractivity contribution in [3.05, 3.63) is 0 Å². The van der Waals surface area contributed by atoms with E-state index in [0.29, 0.717) is 12.1 Å². The number of aromatic nitrogens is 4. The molecule has 1 fully saturated rings. The van der Waals surface area contributed by atoms with Crippen LogP contribution in [0.1, 0.15) is 45.6 Å². The molecule has 1 aromatic rings. The highest BCUT2D eigenvalue weighted by Crippen LogP contribution is 2.36. The summed E-state index contributed by atoms with van der Waals surface area (Å²) in [5, 5.41) is 16.3. The van der Waals surface area contributed by atoms with Crippen LogP contribution in [0.5, 0.6) is 0 Å². The van der Waals surface area contributed by atoms with Gasteiger partial charge in [0.05, 0.1) is 6.04 Å². The van der Waals surface area contributed by atoms with Gasteiger partial charge in [0, 0.05) is 18.3 Å². The summed E-state index contributed by atoms with van der Waals surface area (Å²) in [6.07, 6.45) is 4.93. The molecule has 0 radical (unpaired) electrons. The van der Waals surface area contributed by atoms with Gasteiger partial charge in [-0.3, -0.25) is 0 Å². The third-order valence-electron chi connectivity index (χ3n) is 2.90. The van der Waals surface area contributed by atoms with Crippen LogP contribution in [0.3, 0.4) is 0 Å². The number of hydrogen-bond donors (Lipinski definition) is 1.